The van der Waals surface area contributed by atoms with E-state index in [4.69, 9.17) is 9.84 Å². The van der Waals surface area contributed by atoms with E-state index in [0.717, 1.165) is 32.2 Å². The van der Waals surface area contributed by atoms with E-state index < -0.39 is 0 Å². The second-order valence-electron chi connectivity index (χ2n) is 5.75. The fourth-order valence-corrected chi connectivity index (χ4v) is 3.43. The summed E-state index contributed by atoms with van der Waals surface area (Å²) in [5.74, 6) is 0.673. The molecule has 148 valence electrons. The Balaban J connectivity index is 0.000000188. The Hall–Kier alpha value is -3.49. The van der Waals surface area contributed by atoms with Crippen molar-refractivity contribution >= 4 is 39.3 Å². The van der Waals surface area contributed by atoms with Crippen molar-refractivity contribution in [3.8, 4) is 16.3 Å². The molecule has 8 heteroatoms. The number of hydrogen-bond acceptors (Lipinski definition) is 7. The van der Waals surface area contributed by atoms with Gasteiger partial charge in [0.15, 0.2) is 6.79 Å². The number of amides is 1. The number of ether oxygens (including phenoxy) is 1. The summed E-state index contributed by atoms with van der Waals surface area (Å²) in [6.07, 6.45) is 4.21. The van der Waals surface area contributed by atoms with Gasteiger partial charge in [0.2, 0.25) is 6.41 Å². The molecule has 29 heavy (non-hydrogen) atoms. The van der Waals surface area contributed by atoms with E-state index in [2.05, 4.69) is 20.6 Å². The van der Waals surface area contributed by atoms with Crippen LogP contribution in [-0.2, 0) is 4.79 Å². The average molecular weight is 408 g/mol. The summed E-state index contributed by atoms with van der Waals surface area (Å²) in [6, 6.07) is 16.8. The number of nitrogens with zero attached hydrogens (tertiary/aromatic N) is 2. The Bertz CT molecular complexity index is 1030. The van der Waals surface area contributed by atoms with E-state index in [-0.39, 0.29) is 6.79 Å². The molecule has 0 unspecified atom stereocenters. The molecule has 0 aliphatic rings. The van der Waals surface area contributed by atoms with Crippen LogP contribution in [0.2, 0.25) is 0 Å². The van der Waals surface area contributed by atoms with Crippen molar-refractivity contribution < 1.29 is 14.6 Å². The predicted octanol–water partition coefficient (Wildman–Crippen LogP) is 3.98. The molecule has 0 atom stereocenters. The molecule has 7 nitrogen and oxygen atoms in total. The van der Waals surface area contributed by atoms with Crippen molar-refractivity contribution in [3.63, 3.8) is 0 Å². The molecule has 0 aliphatic heterocycles. The summed E-state index contributed by atoms with van der Waals surface area (Å²) < 4.78 is 5.89. The van der Waals surface area contributed by atoms with Gasteiger partial charge in [0.05, 0.1) is 10.2 Å². The third-order valence-electron chi connectivity index (χ3n) is 3.90. The van der Waals surface area contributed by atoms with Crippen LogP contribution in [0.5, 0.6) is 5.75 Å². The Morgan fingerprint density at radius 3 is 2.66 bits per heavy atom. The molecule has 4 aromatic rings. The normalized spacial score (nSPS) is 10.0. The van der Waals surface area contributed by atoms with Crippen LogP contribution in [0.3, 0.4) is 0 Å². The van der Waals surface area contributed by atoms with E-state index in [0.29, 0.717) is 12.2 Å². The summed E-state index contributed by atoms with van der Waals surface area (Å²) in [5, 5.41) is 14.9. The topological polar surface area (TPSA) is 96.4 Å². The minimum absolute atomic E-state index is 0.279. The molecule has 0 spiro atoms. The summed E-state index contributed by atoms with van der Waals surface area (Å²) in [4.78, 5) is 19.1. The molecular formula is C21H20N4O3S. The highest BCUT2D eigenvalue weighted by Gasteiger charge is 2.06. The molecule has 0 fully saturated rings. The Morgan fingerprint density at radius 2 is 1.97 bits per heavy atom. The second kappa shape index (κ2) is 10.2. The molecule has 1 amide bonds. The maximum atomic E-state index is 10.4. The number of benzene rings is 2. The van der Waals surface area contributed by atoms with Crippen molar-refractivity contribution in [2.24, 2.45) is 0 Å². The molecule has 0 aliphatic carbocycles. The van der Waals surface area contributed by atoms with Gasteiger partial charge in [-0.3, -0.25) is 9.78 Å². The molecule has 3 N–H and O–H groups in total. The number of nitrogens with one attached hydrogen (secondary N) is 2. The SMILES string of the molecule is CNc1ccc(OCO)cc1.O=CNc1cccc(-c2nc3ccncc3s2)c1. The number of aliphatic hydroxyl groups is 1. The predicted molar refractivity (Wildman–Crippen MR) is 116 cm³/mol. The summed E-state index contributed by atoms with van der Waals surface area (Å²) in [5.41, 5.74) is 3.72. The first kappa shape index (κ1) is 20.2. The largest absolute Gasteiger partial charge is 0.468 e. The van der Waals surface area contributed by atoms with Crippen LogP contribution in [0, 0.1) is 0 Å². The minimum Gasteiger partial charge on any atom is -0.468 e. The number of carbonyl (C=O) groups is 1. The fourth-order valence-electron chi connectivity index (χ4n) is 2.51. The number of carbonyl (C=O) groups excluding carboxylic acids is 1. The van der Waals surface area contributed by atoms with E-state index in [1.54, 1.807) is 29.7 Å². The highest BCUT2D eigenvalue weighted by Crippen LogP contribution is 2.30. The van der Waals surface area contributed by atoms with Gasteiger partial charge < -0.3 is 20.5 Å². The summed E-state index contributed by atoms with van der Waals surface area (Å²) in [6.45, 7) is -0.279. The van der Waals surface area contributed by atoms with Crippen molar-refractivity contribution in [3.05, 3.63) is 67.0 Å². The Morgan fingerprint density at radius 1 is 1.14 bits per heavy atom. The van der Waals surface area contributed by atoms with Crippen LogP contribution < -0.4 is 15.4 Å². The fraction of sp³-hybridized carbons (Fsp3) is 0.0952. The minimum atomic E-state index is -0.279. The number of rotatable bonds is 6. The van der Waals surface area contributed by atoms with Crippen LogP contribution in [0.4, 0.5) is 11.4 Å². The van der Waals surface area contributed by atoms with E-state index in [9.17, 15) is 4.79 Å². The lowest BCUT2D eigenvalue weighted by molar-refractivity contribution is -0.105. The van der Waals surface area contributed by atoms with Crippen LogP contribution in [0.25, 0.3) is 20.8 Å². The summed E-state index contributed by atoms with van der Waals surface area (Å²) >= 11 is 1.59. The Labute approximate surface area is 172 Å². The van der Waals surface area contributed by atoms with E-state index in [1.807, 2.05) is 55.7 Å². The third-order valence-corrected chi connectivity index (χ3v) is 4.96. The lowest BCUT2D eigenvalue weighted by Crippen LogP contribution is -1.94. The quantitative estimate of drug-likeness (QED) is 0.330. The van der Waals surface area contributed by atoms with Crippen molar-refractivity contribution in [2.45, 2.75) is 0 Å². The highest BCUT2D eigenvalue weighted by atomic mass is 32.1. The van der Waals surface area contributed by atoms with Gasteiger partial charge in [0.1, 0.15) is 10.8 Å². The van der Waals surface area contributed by atoms with Crippen molar-refractivity contribution in [1.82, 2.24) is 9.97 Å². The number of anilines is 2. The zero-order valence-electron chi connectivity index (χ0n) is 15.7. The first-order valence-electron chi connectivity index (χ1n) is 8.76. The standard InChI is InChI=1S/C13H9N3OS.C8H11NO2/c17-8-15-10-3-1-2-9(6-10)13-16-11-4-5-14-7-12(11)18-13;1-9-7-2-4-8(5-3-7)11-6-10/h1-8H,(H,15,17);2-5,9-10H,6H2,1H3. The second-order valence-corrected chi connectivity index (χ2v) is 6.78. The number of thiazole rings is 1. The van der Waals surface area contributed by atoms with Crippen LogP contribution in [-0.4, -0.2) is 35.3 Å². The molecule has 0 bridgehead atoms. The van der Waals surface area contributed by atoms with E-state index in [1.165, 1.54) is 0 Å². The van der Waals surface area contributed by atoms with Gasteiger partial charge in [0.25, 0.3) is 0 Å². The smallest absolute Gasteiger partial charge is 0.211 e. The number of aliphatic hydroxyl groups excluding tert-OH is 1. The molecular weight excluding hydrogens is 388 g/mol. The van der Waals surface area contributed by atoms with Gasteiger partial charge in [-0.05, 0) is 42.5 Å². The maximum Gasteiger partial charge on any atom is 0.211 e. The summed E-state index contributed by atoms with van der Waals surface area (Å²) in [7, 11) is 1.85. The van der Waals surface area contributed by atoms with Crippen LogP contribution >= 0.6 is 11.3 Å². The highest BCUT2D eigenvalue weighted by molar-refractivity contribution is 7.21. The van der Waals surface area contributed by atoms with E-state index >= 15 is 0 Å². The maximum absolute atomic E-state index is 10.4. The molecule has 0 radical (unpaired) electrons. The number of fused-ring (bicyclic) bond motifs is 1. The van der Waals surface area contributed by atoms with Crippen molar-refractivity contribution in [1.29, 1.82) is 0 Å². The molecule has 4 rings (SSSR count). The Kier molecular flexibility index (Phi) is 7.10. The van der Waals surface area contributed by atoms with Gasteiger partial charge in [0, 0.05) is 36.4 Å². The van der Waals surface area contributed by atoms with Gasteiger partial charge in [-0.1, -0.05) is 12.1 Å². The first-order chi connectivity index (χ1) is 14.2. The third kappa shape index (κ3) is 5.50. The van der Waals surface area contributed by atoms with Crippen LogP contribution in [0.1, 0.15) is 0 Å². The van der Waals surface area contributed by atoms with Gasteiger partial charge in [-0.2, -0.15) is 0 Å². The van der Waals surface area contributed by atoms with Gasteiger partial charge in [-0.15, -0.1) is 11.3 Å². The lowest BCUT2D eigenvalue weighted by atomic mass is 10.2. The van der Waals surface area contributed by atoms with Gasteiger partial charge >= 0.3 is 0 Å². The first-order valence-corrected chi connectivity index (χ1v) is 9.58. The van der Waals surface area contributed by atoms with Crippen LogP contribution in [0.15, 0.2) is 67.0 Å². The molecule has 0 saturated carbocycles. The average Bonchev–Trinajstić information content (AvgIpc) is 3.20. The molecule has 2 heterocycles. The molecule has 2 aromatic heterocycles. The zero-order chi connectivity index (χ0) is 20.5. The molecule has 0 saturated heterocycles. The number of hydrogen-bond donors (Lipinski definition) is 3. The van der Waals surface area contributed by atoms with Gasteiger partial charge in [-0.25, -0.2) is 4.98 Å². The number of pyridine rings is 1. The lowest BCUT2D eigenvalue weighted by Gasteiger charge is -2.02. The molecule has 2 aromatic carbocycles. The number of aromatic nitrogens is 2. The van der Waals surface area contributed by atoms with Crippen molar-refractivity contribution in [2.75, 3.05) is 24.5 Å². The zero-order valence-corrected chi connectivity index (χ0v) is 16.5. The monoisotopic (exact) mass is 408 g/mol.